The average Bonchev–Trinajstić information content (AvgIpc) is 2.50. The van der Waals surface area contributed by atoms with E-state index >= 15 is 0 Å². The van der Waals surface area contributed by atoms with E-state index in [1.807, 2.05) is 37.3 Å². The summed E-state index contributed by atoms with van der Waals surface area (Å²) in [5, 5.41) is 2.81. The molecule has 0 N–H and O–H groups in total. The zero-order valence-electron chi connectivity index (χ0n) is 12.9. The van der Waals surface area contributed by atoms with Crippen molar-refractivity contribution in [2.45, 2.75) is 38.0 Å². The summed E-state index contributed by atoms with van der Waals surface area (Å²) in [5.74, 6) is 3.23. The number of hydrogen-bond donors (Lipinski definition) is 0. The highest BCUT2D eigenvalue weighted by Gasteiger charge is 2.08. The van der Waals surface area contributed by atoms with Crippen LogP contribution in [0.4, 0.5) is 0 Å². The number of unbranched alkanes of at least 4 members (excludes halogenated alkanes) is 1. The lowest BCUT2D eigenvalue weighted by Crippen LogP contribution is -2.10. The van der Waals surface area contributed by atoms with Crippen molar-refractivity contribution >= 4 is 10.8 Å². The van der Waals surface area contributed by atoms with E-state index in [0.717, 1.165) is 29.9 Å². The Morgan fingerprint density at radius 3 is 2.71 bits per heavy atom. The van der Waals surface area contributed by atoms with E-state index in [4.69, 9.17) is 4.74 Å². The highest BCUT2D eigenvalue weighted by molar-refractivity contribution is 7.89. The van der Waals surface area contributed by atoms with Gasteiger partial charge in [0.15, 0.2) is 0 Å². The van der Waals surface area contributed by atoms with Gasteiger partial charge < -0.3 is 4.74 Å². The third-order valence-electron chi connectivity index (χ3n) is 3.13. The number of rotatable bonds is 8. The van der Waals surface area contributed by atoms with Crippen molar-refractivity contribution in [3.05, 3.63) is 42.5 Å². The molecule has 0 saturated carbocycles. The first-order valence-electron chi connectivity index (χ1n) is 7.33. The van der Waals surface area contributed by atoms with Crippen LogP contribution < -0.4 is 0 Å². The van der Waals surface area contributed by atoms with Crippen LogP contribution in [0.25, 0.3) is 0 Å². The summed E-state index contributed by atoms with van der Waals surface area (Å²) in [6.07, 6.45) is 2.85. The molecule has 2 atom stereocenters. The Bertz CT molecular complexity index is 511. The van der Waals surface area contributed by atoms with Crippen molar-refractivity contribution in [2.75, 3.05) is 13.2 Å². The minimum absolute atomic E-state index is 0.210. The maximum Gasteiger partial charge on any atom is 0.130 e. The molecule has 0 saturated heterocycles. The third kappa shape index (κ3) is 7.27. The van der Waals surface area contributed by atoms with Crippen molar-refractivity contribution in [3.8, 4) is 11.2 Å². The molecule has 0 spiro atoms. The molecule has 0 aromatic heterocycles. The molecule has 114 valence electrons. The van der Waals surface area contributed by atoms with Gasteiger partial charge in [-0.2, -0.15) is 0 Å². The fraction of sp³-hybridized carbons (Fsp3) is 0.444. The molecular weight excluding hydrogens is 280 g/mol. The predicted molar refractivity (Wildman–Crippen MR) is 89.3 cm³/mol. The van der Waals surface area contributed by atoms with Gasteiger partial charge in [0, 0.05) is 24.2 Å². The second kappa shape index (κ2) is 10.4. The highest BCUT2D eigenvalue weighted by Crippen LogP contribution is 2.13. The van der Waals surface area contributed by atoms with Gasteiger partial charge in [0.2, 0.25) is 0 Å². The molecule has 3 heteroatoms. The van der Waals surface area contributed by atoms with E-state index in [2.05, 4.69) is 24.7 Å². The van der Waals surface area contributed by atoms with E-state index < -0.39 is 10.8 Å². The average molecular weight is 304 g/mol. The van der Waals surface area contributed by atoms with Crippen molar-refractivity contribution in [1.82, 2.24) is 0 Å². The van der Waals surface area contributed by atoms with Crippen LogP contribution in [0.1, 0.15) is 33.1 Å². The van der Waals surface area contributed by atoms with Crippen molar-refractivity contribution in [1.29, 1.82) is 0 Å². The monoisotopic (exact) mass is 304 g/mol. The number of benzene rings is 1. The molecule has 0 aliphatic carbocycles. The first-order valence-corrected chi connectivity index (χ1v) is 8.48. The molecule has 1 rings (SSSR count). The molecule has 0 bridgehead atoms. The summed E-state index contributed by atoms with van der Waals surface area (Å²) in [4.78, 5) is 0.746. The fourth-order valence-corrected chi connectivity index (χ4v) is 2.42. The van der Waals surface area contributed by atoms with Gasteiger partial charge in [-0.15, -0.1) is 0 Å². The molecule has 2 nitrogen and oxygen atoms in total. The van der Waals surface area contributed by atoms with E-state index in [9.17, 15) is 4.21 Å². The largest absolute Gasteiger partial charge is 0.381 e. The molecule has 0 aliphatic heterocycles. The summed E-state index contributed by atoms with van der Waals surface area (Å²) in [6, 6.07) is 9.29. The molecule has 0 radical (unpaired) electrons. The second-order valence-corrected chi connectivity index (χ2v) is 6.25. The molecule has 0 amide bonds. The minimum atomic E-state index is -1.25. The first kappa shape index (κ1) is 17.7. The van der Waals surface area contributed by atoms with Gasteiger partial charge in [-0.25, -0.2) is 4.21 Å². The Morgan fingerprint density at radius 1 is 1.38 bits per heavy atom. The van der Waals surface area contributed by atoms with Crippen LogP contribution in [-0.4, -0.2) is 17.4 Å². The van der Waals surface area contributed by atoms with E-state index in [-0.39, 0.29) is 5.92 Å². The topological polar surface area (TPSA) is 26.3 Å². The van der Waals surface area contributed by atoms with Crippen LogP contribution in [0.2, 0.25) is 0 Å². The molecule has 0 fully saturated rings. The third-order valence-corrected chi connectivity index (χ3v) is 4.16. The van der Waals surface area contributed by atoms with Gasteiger partial charge in [0.25, 0.3) is 0 Å². The highest BCUT2D eigenvalue weighted by atomic mass is 32.2. The Labute approximate surface area is 131 Å². The van der Waals surface area contributed by atoms with E-state index in [0.29, 0.717) is 13.0 Å². The lowest BCUT2D eigenvalue weighted by Gasteiger charge is -2.14. The Balaban J connectivity index is 2.48. The SMILES string of the molecule is C=C(C)C(CC#CS(=O)c1ccccc1)COCCCC. The van der Waals surface area contributed by atoms with Gasteiger partial charge in [-0.3, -0.25) is 0 Å². The normalized spacial score (nSPS) is 13.0. The van der Waals surface area contributed by atoms with Gasteiger partial charge in [0.1, 0.15) is 10.8 Å². The Hall–Kier alpha value is -1.37. The quantitative estimate of drug-likeness (QED) is 0.409. The summed E-state index contributed by atoms with van der Waals surface area (Å²) in [6.45, 7) is 9.54. The smallest absolute Gasteiger partial charge is 0.130 e. The number of ether oxygens (including phenoxy) is 1. The summed E-state index contributed by atoms with van der Waals surface area (Å²) in [7, 11) is -1.25. The first-order chi connectivity index (χ1) is 10.1. The van der Waals surface area contributed by atoms with Gasteiger partial charge in [-0.1, -0.05) is 49.6 Å². The van der Waals surface area contributed by atoms with Crippen LogP contribution in [0, 0.1) is 17.1 Å². The standard InChI is InChI=1S/C18H24O2S/c1-4-5-13-20-15-17(16(2)3)10-9-14-21(19)18-11-7-6-8-12-18/h6-8,11-12,17H,2,4-5,10,13,15H2,1,3H3. The van der Waals surface area contributed by atoms with E-state index in [1.165, 1.54) is 0 Å². The van der Waals surface area contributed by atoms with Crippen molar-refractivity contribution in [2.24, 2.45) is 5.92 Å². The molecular formula is C18H24O2S. The molecule has 0 aliphatic rings. The van der Waals surface area contributed by atoms with Crippen LogP contribution in [-0.2, 0) is 15.5 Å². The van der Waals surface area contributed by atoms with Crippen LogP contribution in [0.15, 0.2) is 47.4 Å². The summed E-state index contributed by atoms with van der Waals surface area (Å²) >= 11 is 0. The van der Waals surface area contributed by atoms with Crippen LogP contribution >= 0.6 is 0 Å². The molecule has 2 unspecified atom stereocenters. The second-order valence-electron chi connectivity index (χ2n) is 5.04. The van der Waals surface area contributed by atoms with Gasteiger partial charge in [0.05, 0.1) is 11.5 Å². The van der Waals surface area contributed by atoms with Crippen LogP contribution in [0.5, 0.6) is 0 Å². The zero-order valence-corrected chi connectivity index (χ0v) is 13.7. The fourth-order valence-electron chi connectivity index (χ4n) is 1.68. The molecule has 1 aromatic rings. The maximum absolute atomic E-state index is 12.0. The Kier molecular flexibility index (Phi) is 8.73. The van der Waals surface area contributed by atoms with Crippen molar-refractivity contribution in [3.63, 3.8) is 0 Å². The molecule has 21 heavy (non-hydrogen) atoms. The summed E-state index contributed by atoms with van der Waals surface area (Å²) < 4.78 is 17.6. The lowest BCUT2D eigenvalue weighted by molar-refractivity contribution is 0.108. The maximum atomic E-state index is 12.0. The number of hydrogen-bond acceptors (Lipinski definition) is 2. The van der Waals surface area contributed by atoms with E-state index in [1.54, 1.807) is 0 Å². The predicted octanol–water partition coefficient (Wildman–Crippen LogP) is 4.15. The van der Waals surface area contributed by atoms with Crippen molar-refractivity contribution < 1.29 is 8.95 Å². The Morgan fingerprint density at radius 2 is 2.10 bits per heavy atom. The van der Waals surface area contributed by atoms with Gasteiger partial charge in [-0.05, 0) is 25.5 Å². The molecule has 0 heterocycles. The molecule has 1 aromatic carbocycles. The van der Waals surface area contributed by atoms with Crippen LogP contribution in [0.3, 0.4) is 0 Å². The van der Waals surface area contributed by atoms with Gasteiger partial charge >= 0.3 is 0 Å². The lowest BCUT2D eigenvalue weighted by atomic mass is 10.00. The zero-order chi connectivity index (χ0) is 15.5. The summed E-state index contributed by atoms with van der Waals surface area (Å²) in [5.41, 5.74) is 1.06. The minimum Gasteiger partial charge on any atom is -0.381 e.